The van der Waals surface area contributed by atoms with Crippen LogP contribution in [0.25, 0.3) is 0 Å². The zero-order chi connectivity index (χ0) is 13.2. The zero-order valence-corrected chi connectivity index (χ0v) is 11.2. The van der Waals surface area contributed by atoms with Crippen LogP contribution in [-0.4, -0.2) is 48.1 Å². The summed E-state index contributed by atoms with van der Waals surface area (Å²) in [4.78, 5) is 25.7. The highest BCUT2D eigenvalue weighted by Gasteiger charge is 2.37. The summed E-state index contributed by atoms with van der Waals surface area (Å²) < 4.78 is 5.67. The van der Waals surface area contributed by atoms with Crippen molar-refractivity contribution in [3.63, 3.8) is 0 Å². The number of nitrogens with one attached hydrogen (secondary N) is 1. The van der Waals surface area contributed by atoms with E-state index in [4.69, 9.17) is 4.74 Å². The third-order valence-corrected chi connectivity index (χ3v) is 3.58. The van der Waals surface area contributed by atoms with Gasteiger partial charge in [0, 0.05) is 26.1 Å². The molecule has 2 saturated heterocycles. The number of carbonyl (C=O) groups excluding carboxylic acids is 2. The molecule has 5 heteroatoms. The first-order chi connectivity index (χ1) is 8.49. The van der Waals surface area contributed by atoms with Crippen LogP contribution in [0.2, 0.25) is 0 Å². The topological polar surface area (TPSA) is 58.6 Å². The Morgan fingerprint density at radius 2 is 2.17 bits per heavy atom. The minimum absolute atomic E-state index is 0.0116. The Bertz CT molecular complexity index is 335. The minimum Gasteiger partial charge on any atom is -0.376 e. The van der Waals surface area contributed by atoms with E-state index in [9.17, 15) is 9.59 Å². The largest absolute Gasteiger partial charge is 0.376 e. The maximum absolute atomic E-state index is 12.3. The molecule has 0 aromatic carbocycles. The molecule has 2 rings (SSSR count). The molecule has 5 nitrogen and oxygen atoms in total. The third kappa shape index (κ3) is 3.02. The molecule has 2 aliphatic rings. The van der Waals surface area contributed by atoms with Gasteiger partial charge >= 0.3 is 0 Å². The molecule has 2 fully saturated rings. The van der Waals surface area contributed by atoms with Crippen molar-refractivity contribution in [2.45, 2.75) is 51.2 Å². The Balaban J connectivity index is 2.01. The fraction of sp³-hybridized carbons (Fsp3) is 0.846. The van der Waals surface area contributed by atoms with Gasteiger partial charge in [-0.05, 0) is 33.1 Å². The maximum Gasteiger partial charge on any atom is 0.247 e. The molecule has 1 unspecified atom stereocenters. The standard InChI is InChI=1S/C13H22N2O3/c1-13(2)12(17)15(7-6-11(16)14-13)9-10-5-3-4-8-18-10/h10H,3-9H2,1-2H3,(H,14,16). The molecule has 0 aromatic heterocycles. The lowest BCUT2D eigenvalue weighted by atomic mass is 10.0. The van der Waals surface area contributed by atoms with Gasteiger partial charge in [0.05, 0.1) is 6.10 Å². The fourth-order valence-electron chi connectivity index (χ4n) is 2.57. The second kappa shape index (κ2) is 5.26. The summed E-state index contributed by atoms with van der Waals surface area (Å²) in [5.41, 5.74) is -0.803. The molecule has 2 amide bonds. The van der Waals surface area contributed by atoms with E-state index in [-0.39, 0.29) is 17.9 Å². The highest BCUT2D eigenvalue weighted by atomic mass is 16.5. The van der Waals surface area contributed by atoms with Crippen LogP contribution in [0.1, 0.15) is 39.5 Å². The Labute approximate surface area is 108 Å². The van der Waals surface area contributed by atoms with Crippen molar-refractivity contribution < 1.29 is 14.3 Å². The maximum atomic E-state index is 12.3. The summed E-state index contributed by atoms with van der Waals surface area (Å²) in [6, 6.07) is 0. The Hall–Kier alpha value is -1.10. The van der Waals surface area contributed by atoms with E-state index in [0.717, 1.165) is 25.9 Å². The summed E-state index contributed by atoms with van der Waals surface area (Å²) in [5, 5.41) is 2.76. The molecule has 102 valence electrons. The lowest BCUT2D eigenvalue weighted by Gasteiger charge is -2.32. The number of ether oxygens (including phenoxy) is 1. The van der Waals surface area contributed by atoms with Gasteiger partial charge in [-0.2, -0.15) is 0 Å². The van der Waals surface area contributed by atoms with E-state index in [0.29, 0.717) is 19.5 Å². The van der Waals surface area contributed by atoms with Gasteiger partial charge in [-0.1, -0.05) is 0 Å². The van der Waals surface area contributed by atoms with Gasteiger partial charge in [-0.25, -0.2) is 0 Å². The summed E-state index contributed by atoms with van der Waals surface area (Å²) in [6.45, 7) is 5.40. The monoisotopic (exact) mass is 254 g/mol. The van der Waals surface area contributed by atoms with Gasteiger partial charge in [-0.3, -0.25) is 9.59 Å². The average Bonchev–Trinajstić information content (AvgIpc) is 2.42. The molecule has 1 atom stereocenters. The lowest BCUT2D eigenvalue weighted by molar-refractivity contribution is -0.139. The van der Waals surface area contributed by atoms with Gasteiger partial charge in [0.2, 0.25) is 11.8 Å². The molecule has 0 aliphatic carbocycles. The molecule has 0 saturated carbocycles. The van der Waals surface area contributed by atoms with Gasteiger partial charge < -0.3 is 15.0 Å². The van der Waals surface area contributed by atoms with E-state index >= 15 is 0 Å². The molecule has 2 heterocycles. The smallest absolute Gasteiger partial charge is 0.247 e. The third-order valence-electron chi connectivity index (χ3n) is 3.58. The van der Waals surface area contributed by atoms with Crippen molar-refractivity contribution in [2.24, 2.45) is 0 Å². The van der Waals surface area contributed by atoms with E-state index < -0.39 is 5.54 Å². The van der Waals surface area contributed by atoms with Gasteiger partial charge in [-0.15, -0.1) is 0 Å². The summed E-state index contributed by atoms with van der Waals surface area (Å²) in [7, 11) is 0. The van der Waals surface area contributed by atoms with Crippen molar-refractivity contribution in [2.75, 3.05) is 19.7 Å². The molecule has 0 spiro atoms. The Kier molecular flexibility index (Phi) is 3.90. The van der Waals surface area contributed by atoms with Crippen molar-refractivity contribution >= 4 is 11.8 Å². The number of nitrogens with zero attached hydrogens (tertiary/aromatic N) is 1. The number of hydrogen-bond donors (Lipinski definition) is 1. The molecule has 0 bridgehead atoms. The summed E-state index contributed by atoms with van der Waals surface area (Å²) >= 11 is 0. The molecule has 18 heavy (non-hydrogen) atoms. The highest BCUT2D eigenvalue weighted by molar-refractivity contribution is 5.92. The summed E-state index contributed by atoms with van der Waals surface area (Å²) in [6.07, 6.45) is 3.78. The highest BCUT2D eigenvalue weighted by Crippen LogP contribution is 2.18. The lowest BCUT2D eigenvalue weighted by Crippen LogP contribution is -2.54. The normalized spacial score (nSPS) is 28.8. The number of carbonyl (C=O) groups is 2. The van der Waals surface area contributed by atoms with Crippen molar-refractivity contribution in [1.82, 2.24) is 10.2 Å². The second-order valence-corrected chi connectivity index (χ2v) is 5.66. The number of amides is 2. The average molecular weight is 254 g/mol. The Morgan fingerprint density at radius 1 is 1.39 bits per heavy atom. The van der Waals surface area contributed by atoms with Crippen LogP contribution in [0.4, 0.5) is 0 Å². The number of hydrogen-bond acceptors (Lipinski definition) is 3. The van der Waals surface area contributed by atoms with Crippen LogP contribution < -0.4 is 5.32 Å². The molecule has 1 N–H and O–H groups in total. The SMILES string of the molecule is CC1(C)NC(=O)CCN(CC2CCCCO2)C1=O. The van der Waals surface area contributed by atoms with Crippen LogP contribution in [0.3, 0.4) is 0 Å². The van der Waals surface area contributed by atoms with Gasteiger partial charge in [0.1, 0.15) is 5.54 Å². The van der Waals surface area contributed by atoms with Crippen molar-refractivity contribution in [3.8, 4) is 0 Å². The zero-order valence-electron chi connectivity index (χ0n) is 11.2. The number of rotatable bonds is 2. The predicted octanol–water partition coefficient (Wildman–Crippen LogP) is 0.683. The van der Waals surface area contributed by atoms with Crippen molar-refractivity contribution in [1.29, 1.82) is 0 Å². The fourth-order valence-corrected chi connectivity index (χ4v) is 2.57. The first-order valence-corrected chi connectivity index (χ1v) is 6.71. The Morgan fingerprint density at radius 3 is 2.83 bits per heavy atom. The van der Waals surface area contributed by atoms with E-state index in [1.54, 1.807) is 18.7 Å². The van der Waals surface area contributed by atoms with E-state index in [1.165, 1.54) is 0 Å². The van der Waals surface area contributed by atoms with Gasteiger partial charge in [0.15, 0.2) is 0 Å². The first-order valence-electron chi connectivity index (χ1n) is 6.71. The van der Waals surface area contributed by atoms with Crippen molar-refractivity contribution in [3.05, 3.63) is 0 Å². The molecule has 2 aliphatic heterocycles. The molecular formula is C13H22N2O3. The molecule has 0 aromatic rings. The van der Waals surface area contributed by atoms with Crippen LogP contribution in [0.5, 0.6) is 0 Å². The van der Waals surface area contributed by atoms with Crippen LogP contribution >= 0.6 is 0 Å². The molecule has 0 radical (unpaired) electrons. The quantitative estimate of drug-likeness (QED) is 0.788. The van der Waals surface area contributed by atoms with E-state index in [1.807, 2.05) is 0 Å². The van der Waals surface area contributed by atoms with E-state index in [2.05, 4.69) is 5.32 Å². The van der Waals surface area contributed by atoms with Gasteiger partial charge in [0.25, 0.3) is 0 Å². The summed E-state index contributed by atoms with van der Waals surface area (Å²) in [5.74, 6) is -0.0667. The predicted molar refractivity (Wildman–Crippen MR) is 67.0 cm³/mol. The van der Waals surface area contributed by atoms with Crippen LogP contribution in [0, 0.1) is 0 Å². The minimum atomic E-state index is -0.803. The van der Waals surface area contributed by atoms with Crippen LogP contribution in [0.15, 0.2) is 0 Å². The second-order valence-electron chi connectivity index (χ2n) is 5.66. The first kappa shape index (κ1) is 13.3. The van der Waals surface area contributed by atoms with Crippen LogP contribution in [-0.2, 0) is 14.3 Å². The molecular weight excluding hydrogens is 232 g/mol.